The number of carbonyl (C=O) groups is 1. The largest absolute Gasteiger partial charge is 0.381 e. The van der Waals surface area contributed by atoms with Crippen molar-refractivity contribution in [1.82, 2.24) is 5.32 Å². The van der Waals surface area contributed by atoms with E-state index >= 15 is 0 Å². The van der Waals surface area contributed by atoms with Crippen LogP contribution >= 0.6 is 15.9 Å². The van der Waals surface area contributed by atoms with Gasteiger partial charge in [-0.25, -0.2) is 0 Å². The Labute approximate surface area is 153 Å². The first-order chi connectivity index (χ1) is 11.5. The molecule has 1 aromatic carbocycles. The van der Waals surface area contributed by atoms with E-state index in [1.165, 1.54) is 5.56 Å². The third-order valence-corrected chi connectivity index (χ3v) is 6.19. The van der Waals surface area contributed by atoms with Gasteiger partial charge in [0.25, 0.3) is 0 Å². The van der Waals surface area contributed by atoms with E-state index in [-0.39, 0.29) is 11.3 Å². The van der Waals surface area contributed by atoms with Crippen LogP contribution in [0.4, 0.5) is 0 Å². The van der Waals surface area contributed by atoms with Crippen LogP contribution in [0, 0.1) is 5.41 Å². The normalized spacial score (nSPS) is 17.5. The van der Waals surface area contributed by atoms with Gasteiger partial charge in [0.15, 0.2) is 0 Å². The molecule has 3 N–H and O–H groups in total. The standard InChI is InChI=1S/C19H29BrN2O2/c1-3-18(4-2,13-21)17(23)22-14-19(8-10-24-11-9-19)15-6-5-7-16(20)12-15/h5-7,12H,3-4,8-11,13-14,21H2,1-2H3,(H,22,23). The van der Waals surface area contributed by atoms with Crippen LogP contribution in [-0.2, 0) is 14.9 Å². The molecule has 5 heteroatoms. The van der Waals surface area contributed by atoms with Crippen molar-refractivity contribution in [1.29, 1.82) is 0 Å². The molecule has 0 aromatic heterocycles. The molecule has 1 saturated heterocycles. The molecule has 0 saturated carbocycles. The Morgan fingerprint density at radius 3 is 2.54 bits per heavy atom. The molecule has 4 nitrogen and oxygen atoms in total. The van der Waals surface area contributed by atoms with Crippen molar-refractivity contribution in [3.63, 3.8) is 0 Å². The molecule has 1 aromatic rings. The molecule has 1 aliphatic rings. The molecule has 1 amide bonds. The van der Waals surface area contributed by atoms with Gasteiger partial charge in [-0.3, -0.25) is 4.79 Å². The van der Waals surface area contributed by atoms with E-state index < -0.39 is 5.41 Å². The average molecular weight is 397 g/mol. The van der Waals surface area contributed by atoms with Crippen LogP contribution in [0.25, 0.3) is 0 Å². The van der Waals surface area contributed by atoms with Crippen molar-refractivity contribution in [2.45, 2.75) is 44.9 Å². The summed E-state index contributed by atoms with van der Waals surface area (Å²) in [5, 5.41) is 3.22. The monoisotopic (exact) mass is 396 g/mol. The lowest BCUT2D eigenvalue weighted by Gasteiger charge is -2.39. The summed E-state index contributed by atoms with van der Waals surface area (Å²) in [6.07, 6.45) is 3.35. The second-order valence-corrected chi connectivity index (χ2v) is 7.69. The summed E-state index contributed by atoms with van der Waals surface area (Å²) in [5.41, 5.74) is 6.65. The SMILES string of the molecule is CCC(CC)(CN)C(=O)NCC1(c2cccc(Br)c2)CCOCC1. The molecule has 24 heavy (non-hydrogen) atoms. The molecule has 0 aliphatic carbocycles. The summed E-state index contributed by atoms with van der Waals surface area (Å²) in [6, 6.07) is 8.40. The molecular formula is C19H29BrN2O2. The second kappa shape index (κ2) is 8.45. The number of benzene rings is 1. The fraction of sp³-hybridized carbons (Fsp3) is 0.632. The molecule has 134 valence electrons. The average Bonchev–Trinajstić information content (AvgIpc) is 2.63. The maximum absolute atomic E-state index is 12.8. The maximum Gasteiger partial charge on any atom is 0.227 e. The van der Waals surface area contributed by atoms with Crippen LogP contribution in [0.3, 0.4) is 0 Å². The van der Waals surface area contributed by atoms with E-state index in [1.54, 1.807) is 0 Å². The fourth-order valence-electron chi connectivity index (χ4n) is 3.54. The van der Waals surface area contributed by atoms with Crippen LogP contribution in [0.15, 0.2) is 28.7 Å². The predicted molar refractivity (Wildman–Crippen MR) is 101 cm³/mol. The van der Waals surface area contributed by atoms with Gasteiger partial charge in [-0.05, 0) is 43.4 Å². The molecule has 0 unspecified atom stereocenters. The Balaban J connectivity index is 2.20. The van der Waals surface area contributed by atoms with Gasteiger partial charge in [0.2, 0.25) is 5.91 Å². The lowest BCUT2D eigenvalue weighted by Crippen LogP contribution is -2.51. The van der Waals surface area contributed by atoms with Gasteiger partial charge in [-0.2, -0.15) is 0 Å². The number of amides is 1. The van der Waals surface area contributed by atoms with Crippen molar-refractivity contribution in [3.8, 4) is 0 Å². The molecule has 0 bridgehead atoms. The Kier molecular flexibility index (Phi) is 6.84. The minimum atomic E-state index is -0.455. The highest BCUT2D eigenvalue weighted by Crippen LogP contribution is 2.36. The number of hydrogen-bond donors (Lipinski definition) is 2. The predicted octanol–water partition coefficient (Wildman–Crippen LogP) is 3.38. The molecule has 1 aliphatic heterocycles. The van der Waals surface area contributed by atoms with Crippen LogP contribution < -0.4 is 11.1 Å². The molecule has 2 rings (SSSR count). The van der Waals surface area contributed by atoms with E-state index in [0.717, 1.165) is 43.4 Å². The minimum Gasteiger partial charge on any atom is -0.381 e. The third kappa shape index (κ3) is 4.01. The van der Waals surface area contributed by atoms with Crippen molar-refractivity contribution >= 4 is 21.8 Å². The number of carbonyl (C=O) groups excluding carboxylic acids is 1. The van der Waals surface area contributed by atoms with Gasteiger partial charge in [-0.15, -0.1) is 0 Å². The van der Waals surface area contributed by atoms with Gasteiger partial charge >= 0.3 is 0 Å². The van der Waals surface area contributed by atoms with E-state index in [4.69, 9.17) is 10.5 Å². The first-order valence-corrected chi connectivity index (χ1v) is 9.63. The summed E-state index contributed by atoms with van der Waals surface area (Å²) in [4.78, 5) is 12.8. The Bertz CT molecular complexity index is 544. The zero-order valence-corrected chi connectivity index (χ0v) is 16.3. The quantitative estimate of drug-likeness (QED) is 0.742. The van der Waals surface area contributed by atoms with Gasteiger partial charge in [0.1, 0.15) is 0 Å². The van der Waals surface area contributed by atoms with Crippen LogP contribution in [-0.4, -0.2) is 32.2 Å². The number of halogens is 1. The zero-order chi connectivity index (χ0) is 17.6. The number of hydrogen-bond acceptors (Lipinski definition) is 3. The summed E-state index contributed by atoms with van der Waals surface area (Å²) in [5.74, 6) is 0.0795. The Morgan fingerprint density at radius 1 is 1.33 bits per heavy atom. The van der Waals surface area contributed by atoms with E-state index in [2.05, 4.69) is 39.4 Å². The number of ether oxygens (including phenoxy) is 1. The highest BCUT2D eigenvalue weighted by molar-refractivity contribution is 9.10. The highest BCUT2D eigenvalue weighted by atomic mass is 79.9. The van der Waals surface area contributed by atoms with E-state index in [9.17, 15) is 4.79 Å². The van der Waals surface area contributed by atoms with Gasteiger partial charge in [0, 0.05) is 36.2 Å². The Morgan fingerprint density at radius 2 is 2.00 bits per heavy atom. The first kappa shape index (κ1) is 19.4. The van der Waals surface area contributed by atoms with Crippen molar-refractivity contribution in [2.75, 3.05) is 26.3 Å². The van der Waals surface area contributed by atoms with Crippen molar-refractivity contribution < 1.29 is 9.53 Å². The second-order valence-electron chi connectivity index (χ2n) is 6.78. The van der Waals surface area contributed by atoms with Crippen LogP contribution in [0.5, 0.6) is 0 Å². The summed E-state index contributed by atoms with van der Waals surface area (Å²) < 4.78 is 6.64. The highest BCUT2D eigenvalue weighted by Gasteiger charge is 2.38. The van der Waals surface area contributed by atoms with E-state index in [0.29, 0.717) is 13.1 Å². The first-order valence-electron chi connectivity index (χ1n) is 8.84. The Hall–Kier alpha value is -0.910. The molecule has 0 spiro atoms. The van der Waals surface area contributed by atoms with Crippen molar-refractivity contribution in [2.24, 2.45) is 11.1 Å². The van der Waals surface area contributed by atoms with Crippen LogP contribution in [0.2, 0.25) is 0 Å². The van der Waals surface area contributed by atoms with Crippen LogP contribution in [0.1, 0.15) is 45.1 Å². The topological polar surface area (TPSA) is 64.4 Å². The summed E-state index contributed by atoms with van der Waals surface area (Å²) >= 11 is 3.56. The third-order valence-electron chi connectivity index (χ3n) is 5.70. The van der Waals surface area contributed by atoms with Gasteiger partial charge in [0.05, 0.1) is 5.41 Å². The van der Waals surface area contributed by atoms with Crippen molar-refractivity contribution in [3.05, 3.63) is 34.3 Å². The minimum absolute atomic E-state index is 0.0699. The molecule has 0 atom stereocenters. The molecule has 1 fully saturated rings. The smallest absolute Gasteiger partial charge is 0.227 e. The van der Waals surface area contributed by atoms with E-state index in [1.807, 2.05) is 19.9 Å². The number of nitrogens with one attached hydrogen (secondary N) is 1. The maximum atomic E-state index is 12.8. The van der Waals surface area contributed by atoms with Gasteiger partial charge in [-0.1, -0.05) is 41.9 Å². The molecular weight excluding hydrogens is 368 g/mol. The molecule has 0 radical (unpaired) electrons. The lowest BCUT2D eigenvalue weighted by molar-refractivity contribution is -0.131. The lowest BCUT2D eigenvalue weighted by atomic mass is 9.73. The summed E-state index contributed by atoms with van der Waals surface area (Å²) in [7, 11) is 0. The molecule has 1 heterocycles. The zero-order valence-electron chi connectivity index (χ0n) is 14.7. The number of nitrogens with two attached hydrogens (primary N) is 1. The fourth-order valence-corrected chi connectivity index (χ4v) is 3.94. The van der Waals surface area contributed by atoms with Gasteiger partial charge < -0.3 is 15.8 Å². The summed E-state index contributed by atoms with van der Waals surface area (Å²) in [6.45, 7) is 6.55. The number of rotatable bonds is 7.